The molecule has 116 valence electrons. The van der Waals surface area contributed by atoms with Gasteiger partial charge >= 0.3 is 0 Å². The summed E-state index contributed by atoms with van der Waals surface area (Å²) in [5.74, 6) is 0.967. The lowest BCUT2D eigenvalue weighted by Crippen LogP contribution is -1.98. The van der Waals surface area contributed by atoms with Crippen molar-refractivity contribution in [3.05, 3.63) is 77.9 Å². The predicted molar refractivity (Wildman–Crippen MR) is 99.0 cm³/mol. The first kappa shape index (κ1) is 13.4. The zero-order valence-corrected chi connectivity index (χ0v) is 13.7. The summed E-state index contributed by atoms with van der Waals surface area (Å²) < 4.78 is 4.56. The van der Waals surface area contributed by atoms with Gasteiger partial charge in [0.15, 0.2) is 0 Å². The van der Waals surface area contributed by atoms with Gasteiger partial charge in [0, 0.05) is 0 Å². The van der Waals surface area contributed by atoms with Crippen LogP contribution in [0.15, 0.2) is 66.7 Å². The molecule has 0 N–H and O–H groups in total. The van der Waals surface area contributed by atoms with Crippen LogP contribution < -0.4 is 0 Å². The highest BCUT2D eigenvalue weighted by atomic mass is 15.2. The first-order valence-electron chi connectivity index (χ1n) is 8.19. The van der Waals surface area contributed by atoms with E-state index >= 15 is 0 Å². The number of hydrogen-bond donors (Lipinski definition) is 0. The number of hydrogen-bond acceptors (Lipinski definition) is 1. The smallest absolute Gasteiger partial charge is 0.220 e. The van der Waals surface area contributed by atoms with Gasteiger partial charge in [-0.05, 0) is 49.2 Å². The second-order valence-corrected chi connectivity index (χ2v) is 6.30. The second-order valence-electron chi connectivity index (χ2n) is 6.30. The topological polar surface area (TPSA) is 22.2 Å². The molecule has 5 rings (SSSR count). The summed E-state index contributed by atoms with van der Waals surface area (Å²) in [5.41, 5.74) is 8.27. The Morgan fingerprint density at radius 2 is 1.42 bits per heavy atom. The third-order valence-electron chi connectivity index (χ3n) is 4.78. The Labute approximate surface area is 139 Å². The van der Waals surface area contributed by atoms with E-state index in [0.29, 0.717) is 0 Å². The van der Waals surface area contributed by atoms with Crippen molar-refractivity contribution in [3.8, 4) is 5.69 Å². The molecule has 0 bridgehead atoms. The van der Waals surface area contributed by atoms with Crippen LogP contribution in [-0.2, 0) is 0 Å². The molecule has 2 aromatic heterocycles. The fourth-order valence-electron chi connectivity index (χ4n) is 3.66. The molecule has 0 saturated heterocycles. The van der Waals surface area contributed by atoms with E-state index in [2.05, 4.69) is 83.5 Å². The van der Waals surface area contributed by atoms with Crippen LogP contribution >= 0.6 is 0 Å². The largest absolute Gasteiger partial charge is 0.278 e. The molecule has 3 aromatic carbocycles. The maximum absolute atomic E-state index is 4.94. The zero-order chi connectivity index (χ0) is 16.3. The number of benzene rings is 3. The van der Waals surface area contributed by atoms with E-state index in [4.69, 9.17) is 4.98 Å². The molecule has 0 radical (unpaired) electrons. The summed E-state index contributed by atoms with van der Waals surface area (Å²) in [5, 5.41) is 0. The quantitative estimate of drug-likeness (QED) is 0.425. The van der Waals surface area contributed by atoms with Crippen LogP contribution in [0.25, 0.3) is 33.5 Å². The number of rotatable bonds is 1. The minimum atomic E-state index is 0.967. The summed E-state index contributed by atoms with van der Waals surface area (Å²) in [6.07, 6.45) is 0. The van der Waals surface area contributed by atoms with Crippen molar-refractivity contribution in [2.24, 2.45) is 0 Å². The van der Waals surface area contributed by atoms with E-state index in [9.17, 15) is 0 Å². The molecule has 0 atom stereocenters. The maximum atomic E-state index is 4.94. The Kier molecular flexibility index (Phi) is 2.63. The number of aryl methyl sites for hydroxylation is 2. The number of nitrogens with zero attached hydrogens (tertiary/aromatic N) is 3. The van der Waals surface area contributed by atoms with Crippen LogP contribution in [-0.4, -0.2) is 14.0 Å². The predicted octanol–water partition coefficient (Wildman–Crippen LogP) is 5.05. The SMILES string of the molecule is Cc1ccccc1-n1c2c(C)cccc2n2c3ccccc3nc12. The Balaban J connectivity index is 2.09. The Hall–Kier alpha value is -3.07. The van der Waals surface area contributed by atoms with Crippen molar-refractivity contribution in [2.75, 3.05) is 0 Å². The standard InChI is InChI=1S/C21H17N3/c1-14-8-3-5-11-17(14)24-20-15(2)9-7-13-19(20)23-18-12-6-4-10-16(18)22-21(23)24/h3-13H,1-2H3. The molecule has 0 fully saturated rings. The highest BCUT2D eigenvalue weighted by molar-refractivity contribution is 5.93. The molecule has 0 saturated carbocycles. The van der Waals surface area contributed by atoms with Gasteiger partial charge in [-0.15, -0.1) is 0 Å². The first-order chi connectivity index (χ1) is 11.8. The lowest BCUT2D eigenvalue weighted by atomic mass is 10.1. The van der Waals surface area contributed by atoms with Crippen molar-refractivity contribution >= 4 is 27.8 Å². The third-order valence-corrected chi connectivity index (χ3v) is 4.78. The minimum absolute atomic E-state index is 0.967. The Bertz CT molecular complexity index is 1220. The van der Waals surface area contributed by atoms with Gasteiger partial charge in [0.2, 0.25) is 5.78 Å². The molecule has 5 aromatic rings. The first-order valence-corrected chi connectivity index (χ1v) is 8.19. The van der Waals surface area contributed by atoms with Gasteiger partial charge in [-0.2, -0.15) is 0 Å². The highest BCUT2D eigenvalue weighted by Gasteiger charge is 2.18. The molecule has 0 amide bonds. The number of imidazole rings is 2. The van der Waals surface area contributed by atoms with Crippen LogP contribution in [0.5, 0.6) is 0 Å². The van der Waals surface area contributed by atoms with Crippen molar-refractivity contribution in [1.29, 1.82) is 0 Å². The fourth-order valence-corrected chi connectivity index (χ4v) is 3.66. The summed E-state index contributed by atoms with van der Waals surface area (Å²) in [6.45, 7) is 4.32. The maximum Gasteiger partial charge on any atom is 0.220 e. The van der Waals surface area contributed by atoms with Gasteiger partial charge in [-0.25, -0.2) is 4.98 Å². The Morgan fingerprint density at radius 3 is 2.29 bits per heavy atom. The van der Waals surface area contributed by atoms with E-state index in [0.717, 1.165) is 16.8 Å². The van der Waals surface area contributed by atoms with Crippen LogP contribution in [0.2, 0.25) is 0 Å². The normalized spacial score (nSPS) is 11.8. The third kappa shape index (κ3) is 1.64. The minimum Gasteiger partial charge on any atom is -0.278 e. The average molecular weight is 311 g/mol. The van der Waals surface area contributed by atoms with Crippen molar-refractivity contribution in [3.63, 3.8) is 0 Å². The summed E-state index contributed by atoms with van der Waals surface area (Å²) in [6, 6.07) is 23.3. The average Bonchev–Trinajstić information content (AvgIpc) is 3.11. The molecule has 0 aliphatic carbocycles. The summed E-state index contributed by atoms with van der Waals surface area (Å²) in [7, 11) is 0. The molecule has 3 nitrogen and oxygen atoms in total. The molecule has 0 unspecified atom stereocenters. The summed E-state index contributed by atoms with van der Waals surface area (Å²) in [4.78, 5) is 4.94. The zero-order valence-electron chi connectivity index (χ0n) is 13.7. The van der Waals surface area contributed by atoms with E-state index in [1.165, 1.54) is 27.8 Å². The van der Waals surface area contributed by atoms with Gasteiger partial charge in [-0.3, -0.25) is 8.97 Å². The van der Waals surface area contributed by atoms with E-state index in [-0.39, 0.29) is 0 Å². The Morgan fingerprint density at radius 1 is 0.708 bits per heavy atom. The van der Waals surface area contributed by atoms with Gasteiger partial charge in [0.25, 0.3) is 0 Å². The van der Waals surface area contributed by atoms with Gasteiger partial charge in [0.05, 0.1) is 27.8 Å². The summed E-state index contributed by atoms with van der Waals surface area (Å²) >= 11 is 0. The molecule has 0 aliphatic heterocycles. The molecule has 2 heterocycles. The van der Waals surface area contributed by atoms with Crippen molar-refractivity contribution < 1.29 is 0 Å². The number of aromatic nitrogens is 3. The molecule has 24 heavy (non-hydrogen) atoms. The second kappa shape index (κ2) is 4.71. The van der Waals surface area contributed by atoms with Crippen LogP contribution in [0, 0.1) is 13.8 Å². The fraction of sp³-hybridized carbons (Fsp3) is 0.0952. The van der Waals surface area contributed by atoms with E-state index in [1.807, 2.05) is 6.07 Å². The molecular weight excluding hydrogens is 294 g/mol. The lowest BCUT2D eigenvalue weighted by Gasteiger charge is -2.09. The number of fused-ring (bicyclic) bond motifs is 5. The van der Waals surface area contributed by atoms with Crippen LogP contribution in [0.4, 0.5) is 0 Å². The van der Waals surface area contributed by atoms with E-state index < -0.39 is 0 Å². The van der Waals surface area contributed by atoms with Gasteiger partial charge in [-0.1, -0.05) is 42.5 Å². The molecule has 0 aliphatic rings. The molecule has 3 heteroatoms. The van der Waals surface area contributed by atoms with Crippen molar-refractivity contribution in [1.82, 2.24) is 14.0 Å². The van der Waals surface area contributed by atoms with Gasteiger partial charge in [0.1, 0.15) is 0 Å². The number of para-hydroxylation sites is 4. The monoisotopic (exact) mass is 311 g/mol. The van der Waals surface area contributed by atoms with Crippen LogP contribution in [0.1, 0.15) is 11.1 Å². The molecular formula is C21H17N3. The highest BCUT2D eigenvalue weighted by Crippen LogP contribution is 2.31. The van der Waals surface area contributed by atoms with Crippen LogP contribution in [0.3, 0.4) is 0 Å². The van der Waals surface area contributed by atoms with Crippen molar-refractivity contribution in [2.45, 2.75) is 13.8 Å². The lowest BCUT2D eigenvalue weighted by molar-refractivity contribution is 1.09. The van der Waals surface area contributed by atoms with E-state index in [1.54, 1.807) is 0 Å². The molecule has 0 spiro atoms. The van der Waals surface area contributed by atoms with Gasteiger partial charge < -0.3 is 0 Å².